The number of nitrogens with zero attached hydrogens (tertiary/aromatic N) is 3. The van der Waals surface area contributed by atoms with Crippen LogP contribution in [0.3, 0.4) is 0 Å². The number of hydrogen-bond acceptors (Lipinski definition) is 8. The minimum atomic E-state index is -1.42. The number of thiocarbonyl (C=S) groups is 1. The third kappa shape index (κ3) is 3.22. The zero-order valence-electron chi connectivity index (χ0n) is 19.3. The van der Waals surface area contributed by atoms with Gasteiger partial charge in [0.15, 0.2) is 5.54 Å². The summed E-state index contributed by atoms with van der Waals surface area (Å²) >= 11 is 10.5. The second-order valence-corrected chi connectivity index (χ2v) is 12.0. The van der Waals surface area contributed by atoms with Crippen molar-refractivity contribution in [3.05, 3.63) is 92.3 Å². The van der Waals surface area contributed by atoms with E-state index in [2.05, 4.69) is 21.2 Å². The number of anilines is 1. The molecule has 37 heavy (non-hydrogen) atoms. The maximum Gasteiger partial charge on any atom is 0.269 e. The van der Waals surface area contributed by atoms with Gasteiger partial charge in [-0.3, -0.25) is 29.5 Å². The lowest BCUT2D eigenvalue weighted by molar-refractivity contribution is -0.384. The lowest BCUT2D eigenvalue weighted by Gasteiger charge is -2.41. The van der Waals surface area contributed by atoms with Crippen LogP contribution in [0.15, 0.2) is 69.8 Å². The minimum absolute atomic E-state index is 0.0827. The molecule has 3 aliphatic heterocycles. The molecule has 0 radical (unpaired) electrons. The normalized spacial score (nSPS) is 26.9. The molecule has 0 bridgehead atoms. The Hall–Kier alpha value is -3.06. The number of nitro benzene ring substituents is 1. The van der Waals surface area contributed by atoms with Gasteiger partial charge in [0.25, 0.3) is 11.6 Å². The predicted octanol–water partition coefficient (Wildman–Crippen LogP) is 4.63. The number of nitrogens with one attached hydrogen (secondary N) is 1. The van der Waals surface area contributed by atoms with Gasteiger partial charge < -0.3 is 9.73 Å². The van der Waals surface area contributed by atoms with Gasteiger partial charge >= 0.3 is 0 Å². The van der Waals surface area contributed by atoms with Gasteiger partial charge in [-0.25, -0.2) is 0 Å². The quantitative estimate of drug-likeness (QED) is 0.263. The van der Waals surface area contributed by atoms with E-state index in [0.717, 1.165) is 4.47 Å². The van der Waals surface area contributed by atoms with Crippen LogP contribution in [0.5, 0.6) is 0 Å². The first-order valence-electron chi connectivity index (χ1n) is 11.3. The Morgan fingerprint density at radius 3 is 2.78 bits per heavy atom. The van der Waals surface area contributed by atoms with Gasteiger partial charge in [-0.15, -0.1) is 0 Å². The Labute approximate surface area is 229 Å². The fourth-order valence-electron chi connectivity index (χ4n) is 5.94. The molecule has 4 heterocycles. The van der Waals surface area contributed by atoms with Crippen molar-refractivity contribution in [1.82, 2.24) is 9.80 Å². The SMILES string of the molecule is CN1C[C@H](c2cccc([N+](=O)[O-])c2)[C@]2(SC(=S)N(Cc3ccco3)C2=O)[C@@]12C(=O)Nc1ccc(Br)cc12. The van der Waals surface area contributed by atoms with E-state index >= 15 is 0 Å². The molecule has 0 unspecified atom stereocenters. The number of nitro groups is 1. The summed E-state index contributed by atoms with van der Waals surface area (Å²) < 4.78 is 5.16. The van der Waals surface area contributed by atoms with Crippen LogP contribution in [-0.2, 0) is 21.7 Å². The fraction of sp³-hybridized carbons (Fsp3) is 0.240. The highest BCUT2D eigenvalue weighted by Crippen LogP contribution is 2.66. The molecule has 6 rings (SSSR count). The number of furan rings is 1. The number of benzene rings is 2. The van der Waals surface area contributed by atoms with Crippen LogP contribution in [-0.4, -0.2) is 49.2 Å². The molecular formula is C25H19BrN4O5S2. The van der Waals surface area contributed by atoms with E-state index in [4.69, 9.17) is 16.6 Å². The van der Waals surface area contributed by atoms with E-state index in [1.54, 1.807) is 37.4 Å². The second-order valence-electron chi connectivity index (χ2n) is 9.21. The number of likely N-dealkylation sites (N-methyl/N-ethyl adjacent to an activating group) is 1. The molecule has 188 valence electrons. The standard InChI is InChI=1S/C25H19BrN4O5S2/c1-28-13-19(14-4-2-5-16(10-14)30(33)34)25(22(32)29(23(36)37-25)12-17-6-3-9-35-17)24(28)18-11-15(26)7-8-20(18)27-21(24)31/h2-11,19H,12-13H2,1H3,(H,27,31)/t19-,24-,25-/m1/s1. The van der Waals surface area contributed by atoms with Crippen molar-refractivity contribution in [3.63, 3.8) is 0 Å². The molecule has 2 amide bonds. The van der Waals surface area contributed by atoms with E-state index in [0.29, 0.717) is 33.4 Å². The lowest BCUT2D eigenvalue weighted by Crippen LogP contribution is -2.61. The number of carbonyl (C=O) groups is 2. The van der Waals surface area contributed by atoms with Crippen molar-refractivity contribution in [2.24, 2.45) is 0 Å². The Bertz CT molecular complexity index is 1500. The van der Waals surface area contributed by atoms with Crippen LogP contribution in [0, 0.1) is 10.1 Å². The number of likely N-dealkylation sites (tertiary alicyclic amines) is 1. The molecule has 9 nitrogen and oxygen atoms in total. The summed E-state index contributed by atoms with van der Waals surface area (Å²) in [5.41, 5.74) is 0.373. The highest BCUT2D eigenvalue weighted by molar-refractivity contribution is 9.10. The Balaban J connectivity index is 1.60. The summed E-state index contributed by atoms with van der Waals surface area (Å²) in [6, 6.07) is 15.3. The van der Waals surface area contributed by atoms with Gasteiger partial charge in [0.05, 0.1) is 17.7 Å². The molecule has 1 aromatic heterocycles. The minimum Gasteiger partial charge on any atom is -0.467 e. The Morgan fingerprint density at radius 1 is 1.24 bits per heavy atom. The number of fused-ring (bicyclic) bond motifs is 3. The Kier molecular flexibility index (Phi) is 5.57. The van der Waals surface area contributed by atoms with Crippen LogP contribution >= 0.6 is 39.9 Å². The number of carbonyl (C=O) groups excluding carboxylic acids is 2. The summed E-state index contributed by atoms with van der Waals surface area (Å²) in [6.07, 6.45) is 1.52. The zero-order chi connectivity index (χ0) is 26.1. The molecule has 1 N–H and O–H groups in total. The van der Waals surface area contributed by atoms with Gasteiger partial charge in [-0.1, -0.05) is 52.0 Å². The highest BCUT2D eigenvalue weighted by Gasteiger charge is 2.77. The topological polar surface area (TPSA) is 109 Å². The van der Waals surface area contributed by atoms with E-state index in [-0.39, 0.29) is 24.0 Å². The van der Waals surface area contributed by atoms with Gasteiger partial charge in [0.2, 0.25) is 5.91 Å². The monoisotopic (exact) mass is 598 g/mol. The molecule has 2 saturated heterocycles. The number of hydrogen-bond donors (Lipinski definition) is 1. The van der Waals surface area contributed by atoms with Crippen molar-refractivity contribution < 1.29 is 18.9 Å². The third-order valence-electron chi connectivity index (χ3n) is 7.41. The average molecular weight is 599 g/mol. The van der Waals surface area contributed by atoms with Crippen molar-refractivity contribution >= 4 is 67.4 Å². The molecule has 2 fully saturated rings. The smallest absolute Gasteiger partial charge is 0.269 e. The molecule has 3 aromatic rings. The molecule has 2 spiro atoms. The zero-order valence-corrected chi connectivity index (χ0v) is 22.6. The molecule has 0 aliphatic carbocycles. The largest absolute Gasteiger partial charge is 0.467 e. The maximum absolute atomic E-state index is 14.6. The van der Waals surface area contributed by atoms with Gasteiger partial charge in [0, 0.05) is 40.3 Å². The summed E-state index contributed by atoms with van der Waals surface area (Å²) in [4.78, 5) is 43.2. The average Bonchev–Trinajstić information content (AvgIpc) is 3.60. The summed E-state index contributed by atoms with van der Waals surface area (Å²) in [7, 11) is 1.81. The van der Waals surface area contributed by atoms with Crippen LogP contribution in [0.2, 0.25) is 0 Å². The first-order valence-corrected chi connectivity index (χ1v) is 13.4. The summed E-state index contributed by atoms with van der Waals surface area (Å²) in [6.45, 7) is 0.421. The number of halogens is 1. The van der Waals surface area contributed by atoms with Crippen molar-refractivity contribution in [2.75, 3.05) is 18.9 Å². The predicted molar refractivity (Wildman–Crippen MR) is 145 cm³/mol. The van der Waals surface area contributed by atoms with Crippen LogP contribution in [0.25, 0.3) is 0 Å². The van der Waals surface area contributed by atoms with Gasteiger partial charge in [-0.2, -0.15) is 0 Å². The maximum atomic E-state index is 14.6. The van der Waals surface area contributed by atoms with E-state index < -0.39 is 21.1 Å². The van der Waals surface area contributed by atoms with E-state index in [9.17, 15) is 19.7 Å². The number of thioether (sulfide) groups is 1. The van der Waals surface area contributed by atoms with E-state index in [1.807, 2.05) is 17.0 Å². The molecule has 12 heteroatoms. The van der Waals surface area contributed by atoms with Crippen LogP contribution in [0.1, 0.15) is 22.8 Å². The molecule has 2 aromatic carbocycles. The summed E-state index contributed by atoms with van der Waals surface area (Å²) in [5, 5.41) is 14.6. The number of amides is 2. The lowest BCUT2D eigenvalue weighted by atomic mass is 9.72. The fourth-order valence-corrected chi connectivity index (χ4v) is 8.43. The van der Waals surface area contributed by atoms with Crippen molar-refractivity contribution in [3.8, 4) is 0 Å². The molecule has 3 aliphatic rings. The first-order chi connectivity index (χ1) is 17.7. The van der Waals surface area contributed by atoms with Crippen LogP contribution in [0.4, 0.5) is 11.4 Å². The number of non-ortho nitro benzene ring substituents is 1. The molecular weight excluding hydrogens is 580 g/mol. The summed E-state index contributed by atoms with van der Waals surface area (Å²) in [5.74, 6) is -0.688. The van der Waals surface area contributed by atoms with Gasteiger partial charge in [0.1, 0.15) is 14.8 Å². The molecule has 0 saturated carbocycles. The number of rotatable bonds is 4. The van der Waals surface area contributed by atoms with Crippen molar-refractivity contribution in [2.45, 2.75) is 22.7 Å². The first kappa shape index (κ1) is 24.3. The van der Waals surface area contributed by atoms with E-state index in [1.165, 1.54) is 35.1 Å². The van der Waals surface area contributed by atoms with Gasteiger partial charge in [-0.05, 0) is 42.9 Å². The Morgan fingerprint density at radius 2 is 2.05 bits per heavy atom. The second kappa shape index (κ2) is 8.48. The third-order valence-corrected chi connectivity index (χ3v) is 9.85. The molecule has 3 atom stereocenters. The highest BCUT2D eigenvalue weighted by atomic mass is 79.9. The van der Waals surface area contributed by atoms with Crippen LogP contribution < -0.4 is 5.32 Å². The van der Waals surface area contributed by atoms with Crippen molar-refractivity contribution in [1.29, 1.82) is 0 Å².